The van der Waals surface area contributed by atoms with Crippen LogP contribution in [0.5, 0.6) is 0 Å². The maximum absolute atomic E-state index is 8.78. The van der Waals surface area contributed by atoms with Crippen molar-refractivity contribution < 1.29 is 9.84 Å². The van der Waals surface area contributed by atoms with Gasteiger partial charge in [0.05, 0.1) is 13.2 Å². The molecule has 0 saturated carbocycles. The Bertz CT molecular complexity index is 74.5. The van der Waals surface area contributed by atoms with E-state index in [-0.39, 0.29) is 12.6 Å². The van der Waals surface area contributed by atoms with Gasteiger partial charge in [0, 0.05) is 19.2 Å². The van der Waals surface area contributed by atoms with Crippen LogP contribution in [0.1, 0.15) is 20.3 Å². The third kappa shape index (κ3) is 6.28. The topological polar surface area (TPSA) is 41.5 Å². The number of ether oxygens (including phenoxy) is 1. The molecule has 0 rings (SSSR count). The quantitative estimate of drug-likeness (QED) is 0.530. The first-order valence-electron chi connectivity index (χ1n) is 4.27. The lowest BCUT2D eigenvalue weighted by Crippen LogP contribution is -2.34. The third-order valence-corrected chi connectivity index (χ3v) is 1.60. The van der Waals surface area contributed by atoms with E-state index in [0.29, 0.717) is 0 Å². The fraction of sp³-hybridized carbons (Fsp3) is 1.00. The molecule has 0 spiro atoms. The summed E-state index contributed by atoms with van der Waals surface area (Å²) >= 11 is 0. The molecular formula is C8H19NO2. The molecular weight excluding hydrogens is 142 g/mol. The van der Waals surface area contributed by atoms with Crippen LogP contribution in [0.4, 0.5) is 0 Å². The molecule has 0 aromatic carbocycles. The van der Waals surface area contributed by atoms with Crippen LogP contribution >= 0.6 is 0 Å². The minimum atomic E-state index is 0.211. The predicted octanol–water partition coefficient (Wildman–Crippen LogP) is 0.383. The Morgan fingerprint density at radius 2 is 2.18 bits per heavy atom. The second kappa shape index (κ2) is 7.98. The number of aliphatic hydroxyl groups is 1. The van der Waals surface area contributed by atoms with Crippen molar-refractivity contribution in [3.05, 3.63) is 0 Å². The van der Waals surface area contributed by atoms with Gasteiger partial charge in [-0.2, -0.15) is 0 Å². The molecule has 0 aliphatic heterocycles. The number of nitrogens with one attached hydrogen (secondary N) is 1. The zero-order valence-corrected chi connectivity index (χ0v) is 7.47. The molecule has 0 heterocycles. The molecule has 1 atom stereocenters. The molecule has 0 radical (unpaired) electrons. The Balaban J connectivity index is 3.07. The lowest BCUT2D eigenvalue weighted by molar-refractivity contribution is 0.141. The van der Waals surface area contributed by atoms with E-state index in [1.165, 1.54) is 0 Å². The minimum absolute atomic E-state index is 0.211. The molecule has 68 valence electrons. The van der Waals surface area contributed by atoms with Gasteiger partial charge in [0.15, 0.2) is 0 Å². The van der Waals surface area contributed by atoms with Gasteiger partial charge in [-0.15, -0.1) is 0 Å². The Morgan fingerprint density at radius 1 is 1.45 bits per heavy atom. The van der Waals surface area contributed by atoms with Crippen molar-refractivity contribution in [1.82, 2.24) is 5.32 Å². The van der Waals surface area contributed by atoms with E-state index >= 15 is 0 Å². The van der Waals surface area contributed by atoms with Crippen molar-refractivity contribution in [2.24, 2.45) is 0 Å². The molecule has 3 nitrogen and oxygen atoms in total. The summed E-state index contributed by atoms with van der Waals surface area (Å²) in [5.41, 5.74) is 0. The second-order valence-electron chi connectivity index (χ2n) is 2.44. The smallest absolute Gasteiger partial charge is 0.0590 e. The Kier molecular flexibility index (Phi) is 7.89. The van der Waals surface area contributed by atoms with Gasteiger partial charge >= 0.3 is 0 Å². The summed E-state index contributed by atoms with van der Waals surface area (Å²) in [6.07, 6.45) is 0.961. The van der Waals surface area contributed by atoms with Gasteiger partial charge in [-0.25, -0.2) is 0 Å². The molecule has 0 aliphatic carbocycles. The summed E-state index contributed by atoms with van der Waals surface area (Å²) in [5, 5.41) is 12.0. The van der Waals surface area contributed by atoms with E-state index < -0.39 is 0 Å². The molecule has 0 bridgehead atoms. The van der Waals surface area contributed by atoms with Gasteiger partial charge < -0.3 is 15.2 Å². The zero-order chi connectivity index (χ0) is 8.53. The van der Waals surface area contributed by atoms with Gasteiger partial charge in [-0.05, 0) is 13.3 Å². The number of rotatable bonds is 7. The molecule has 0 fully saturated rings. The van der Waals surface area contributed by atoms with Crippen LogP contribution in [0.3, 0.4) is 0 Å². The molecule has 11 heavy (non-hydrogen) atoms. The average molecular weight is 161 g/mol. The van der Waals surface area contributed by atoms with Gasteiger partial charge in [0.1, 0.15) is 0 Å². The molecule has 0 amide bonds. The van der Waals surface area contributed by atoms with Gasteiger partial charge in [0.25, 0.3) is 0 Å². The number of hydrogen-bond donors (Lipinski definition) is 2. The van der Waals surface area contributed by atoms with Crippen LogP contribution in [-0.4, -0.2) is 37.5 Å². The van der Waals surface area contributed by atoms with E-state index in [1.54, 1.807) is 0 Å². The third-order valence-electron chi connectivity index (χ3n) is 1.60. The zero-order valence-electron chi connectivity index (χ0n) is 7.47. The van der Waals surface area contributed by atoms with Gasteiger partial charge in [-0.3, -0.25) is 0 Å². The highest BCUT2D eigenvalue weighted by atomic mass is 16.5. The lowest BCUT2D eigenvalue weighted by atomic mass is 10.2. The molecule has 2 N–H and O–H groups in total. The number of hydrogen-bond acceptors (Lipinski definition) is 3. The van der Waals surface area contributed by atoms with Crippen molar-refractivity contribution >= 4 is 0 Å². The Labute approximate surface area is 68.8 Å². The van der Waals surface area contributed by atoms with E-state index in [1.807, 2.05) is 6.92 Å². The predicted molar refractivity (Wildman–Crippen MR) is 45.7 cm³/mol. The maximum atomic E-state index is 8.78. The maximum Gasteiger partial charge on any atom is 0.0590 e. The minimum Gasteiger partial charge on any atom is -0.395 e. The second-order valence-corrected chi connectivity index (χ2v) is 2.44. The summed E-state index contributed by atoms with van der Waals surface area (Å²) in [4.78, 5) is 0. The van der Waals surface area contributed by atoms with Crippen molar-refractivity contribution in [3.8, 4) is 0 Å². The first kappa shape index (κ1) is 10.9. The van der Waals surface area contributed by atoms with Crippen molar-refractivity contribution in [3.63, 3.8) is 0 Å². The Hall–Kier alpha value is -0.120. The van der Waals surface area contributed by atoms with Crippen LogP contribution in [0.25, 0.3) is 0 Å². The van der Waals surface area contributed by atoms with Crippen LogP contribution in [0.2, 0.25) is 0 Å². The van der Waals surface area contributed by atoms with Crippen LogP contribution in [-0.2, 0) is 4.74 Å². The Morgan fingerprint density at radius 3 is 2.64 bits per heavy atom. The van der Waals surface area contributed by atoms with Crippen LogP contribution < -0.4 is 5.32 Å². The first-order chi connectivity index (χ1) is 5.35. The van der Waals surface area contributed by atoms with E-state index in [0.717, 1.165) is 26.2 Å². The lowest BCUT2D eigenvalue weighted by Gasteiger charge is -2.13. The summed E-state index contributed by atoms with van der Waals surface area (Å²) < 4.78 is 5.13. The highest BCUT2D eigenvalue weighted by Crippen LogP contribution is 1.87. The summed E-state index contributed by atoms with van der Waals surface area (Å²) in [6, 6.07) is 0.232. The van der Waals surface area contributed by atoms with Crippen LogP contribution in [0.15, 0.2) is 0 Å². The first-order valence-corrected chi connectivity index (χ1v) is 4.27. The van der Waals surface area contributed by atoms with E-state index in [9.17, 15) is 0 Å². The van der Waals surface area contributed by atoms with Gasteiger partial charge in [-0.1, -0.05) is 6.92 Å². The fourth-order valence-corrected chi connectivity index (χ4v) is 0.818. The van der Waals surface area contributed by atoms with Gasteiger partial charge in [0.2, 0.25) is 0 Å². The summed E-state index contributed by atoms with van der Waals surface area (Å²) in [6.45, 7) is 6.55. The van der Waals surface area contributed by atoms with Crippen molar-refractivity contribution in [1.29, 1.82) is 0 Å². The molecule has 0 saturated heterocycles. The normalized spacial score (nSPS) is 13.4. The average Bonchev–Trinajstić information content (AvgIpc) is 2.05. The molecule has 0 aromatic heterocycles. The monoisotopic (exact) mass is 161 g/mol. The SMILES string of the molecule is CCOCCNC(CC)CO. The van der Waals surface area contributed by atoms with E-state index in [4.69, 9.17) is 9.84 Å². The molecule has 3 heteroatoms. The van der Waals surface area contributed by atoms with Crippen LogP contribution in [0, 0.1) is 0 Å². The summed E-state index contributed by atoms with van der Waals surface area (Å²) in [7, 11) is 0. The van der Waals surface area contributed by atoms with E-state index in [2.05, 4.69) is 12.2 Å². The number of aliphatic hydroxyl groups excluding tert-OH is 1. The molecule has 0 aromatic rings. The largest absolute Gasteiger partial charge is 0.395 e. The fourth-order valence-electron chi connectivity index (χ4n) is 0.818. The summed E-state index contributed by atoms with van der Waals surface area (Å²) in [5.74, 6) is 0. The molecule has 0 aliphatic rings. The highest BCUT2D eigenvalue weighted by molar-refractivity contribution is 4.61. The van der Waals surface area contributed by atoms with Crippen molar-refractivity contribution in [2.75, 3.05) is 26.4 Å². The standard InChI is InChI=1S/C8H19NO2/c1-3-8(7-10)9-5-6-11-4-2/h8-10H,3-7H2,1-2H3. The highest BCUT2D eigenvalue weighted by Gasteiger charge is 2.00. The molecule has 1 unspecified atom stereocenters. The van der Waals surface area contributed by atoms with Crippen molar-refractivity contribution in [2.45, 2.75) is 26.3 Å².